The lowest BCUT2D eigenvalue weighted by molar-refractivity contribution is -0.136. The van der Waals surface area contributed by atoms with Gasteiger partial charge in [0.25, 0.3) is 5.56 Å². The molecule has 1 fully saturated rings. The molecule has 1 saturated heterocycles. The van der Waals surface area contributed by atoms with Crippen LogP contribution in [0.4, 0.5) is 0 Å². The minimum Gasteiger partial charge on any atom is -0.342 e. The summed E-state index contributed by atoms with van der Waals surface area (Å²) in [6.45, 7) is 2.87. The number of hydrogen-bond donors (Lipinski definition) is 1. The summed E-state index contributed by atoms with van der Waals surface area (Å²) >= 11 is 0. The van der Waals surface area contributed by atoms with Crippen molar-refractivity contribution in [2.75, 3.05) is 26.7 Å². The van der Waals surface area contributed by atoms with E-state index in [9.17, 15) is 9.59 Å². The van der Waals surface area contributed by atoms with E-state index in [0.29, 0.717) is 19.0 Å². The summed E-state index contributed by atoms with van der Waals surface area (Å²) in [6, 6.07) is 12.9. The van der Waals surface area contributed by atoms with Gasteiger partial charge in [-0.15, -0.1) is 0 Å². The van der Waals surface area contributed by atoms with Crippen LogP contribution in [0, 0.1) is 5.92 Å². The van der Waals surface area contributed by atoms with Crippen molar-refractivity contribution < 1.29 is 4.79 Å². The topological polar surface area (TPSA) is 72.2 Å². The van der Waals surface area contributed by atoms with Crippen LogP contribution in [0.15, 0.2) is 53.6 Å². The zero-order valence-electron chi connectivity index (χ0n) is 16.5. The Kier molecular flexibility index (Phi) is 4.47. The Hall–Kier alpha value is -2.93. The molecule has 0 saturated carbocycles. The summed E-state index contributed by atoms with van der Waals surface area (Å²) in [5.74, 6) is 0.454. The summed E-state index contributed by atoms with van der Waals surface area (Å²) in [5, 5.41) is 3.45. The second-order valence-corrected chi connectivity index (χ2v) is 8.14. The molecular weight excluding hydrogens is 366 g/mol. The molecule has 4 heterocycles. The van der Waals surface area contributed by atoms with Crippen molar-refractivity contribution in [3.05, 3.63) is 64.8 Å². The van der Waals surface area contributed by atoms with Crippen molar-refractivity contribution >= 4 is 16.9 Å². The molecule has 3 atom stereocenters. The van der Waals surface area contributed by atoms with Crippen LogP contribution in [0.3, 0.4) is 0 Å². The highest BCUT2D eigenvalue weighted by molar-refractivity contribution is 5.81. The highest BCUT2D eigenvalue weighted by Gasteiger charge is 2.42. The van der Waals surface area contributed by atoms with Gasteiger partial charge >= 0.3 is 0 Å². The smallest absolute Gasteiger partial charge is 0.251 e. The lowest BCUT2D eigenvalue weighted by Crippen LogP contribution is -2.52. The van der Waals surface area contributed by atoms with Gasteiger partial charge in [-0.25, -0.2) is 4.98 Å². The van der Waals surface area contributed by atoms with Crippen molar-refractivity contribution in [1.29, 1.82) is 0 Å². The van der Waals surface area contributed by atoms with Crippen LogP contribution in [-0.4, -0.2) is 51.6 Å². The number of piperidine rings is 1. The van der Waals surface area contributed by atoms with Crippen LogP contribution in [-0.2, 0) is 11.3 Å². The molecule has 0 radical (unpaired) electrons. The number of benzene rings is 1. The molecule has 1 amide bonds. The zero-order valence-corrected chi connectivity index (χ0v) is 16.5. The molecule has 7 heteroatoms. The minimum atomic E-state index is -0.438. The summed E-state index contributed by atoms with van der Waals surface area (Å²) in [7, 11) is 1.83. The molecule has 1 aromatic carbocycles. The highest BCUT2D eigenvalue weighted by Crippen LogP contribution is 2.39. The van der Waals surface area contributed by atoms with Crippen LogP contribution < -0.4 is 10.9 Å². The Morgan fingerprint density at radius 2 is 2.07 bits per heavy atom. The molecule has 2 aliphatic rings. The number of pyridine rings is 1. The summed E-state index contributed by atoms with van der Waals surface area (Å²) in [5.41, 5.74) is 2.92. The van der Waals surface area contributed by atoms with Crippen LogP contribution in [0.1, 0.15) is 24.1 Å². The molecular formula is C22H25N5O2. The molecule has 29 heavy (non-hydrogen) atoms. The van der Waals surface area contributed by atoms with Gasteiger partial charge in [0.1, 0.15) is 6.04 Å². The number of fused-ring (bicyclic) bond motifs is 5. The first-order chi connectivity index (χ1) is 14.1. The van der Waals surface area contributed by atoms with Gasteiger partial charge in [-0.1, -0.05) is 18.2 Å². The van der Waals surface area contributed by atoms with Gasteiger partial charge in [-0.05, 0) is 24.6 Å². The molecule has 5 rings (SSSR count). The Labute approximate surface area is 169 Å². The van der Waals surface area contributed by atoms with Crippen LogP contribution in [0.25, 0.3) is 11.0 Å². The van der Waals surface area contributed by atoms with Crippen molar-refractivity contribution in [3.63, 3.8) is 0 Å². The van der Waals surface area contributed by atoms with Crippen LogP contribution in [0.5, 0.6) is 0 Å². The predicted molar refractivity (Wildman–Crippen MR) is 111 cm³/mol. The van der Waals surface area contributed by atoms with Gasteiger partial charge in [-0.2, -0.15) is 0 Å². The van der Waals surface area contributed by atoms with E-state index in [1.54, 1.807) is 21.6 Å². The fraction of sp³-hybridized carbons (Fsp3) is 0.409. The van der Waals surface area contributed by atoms with Gasteiger partial charge in [0.05, 0.1) is 17.4 Å². The number of amides is 1. The van der Waals surface area contributed by atoms with E-state index in [1.807, 2.05) is 43.7 Å². The van der Waals surface area contributed by atoms with Gasteiger partial charge < -0.3 is 14.8 Å². The largest absolute Gasteiger partial charge is 0.342 e. The minimum absolute atomic E-state index is 0.0103. The first kappa shape index (κ1) is 18.1. The standard InChI is InChI=1S/C22H25N5O2/c1-25(9-10-26-14-24-17-5-2-3-6-19(17)26)22(29)21-16-11-15(12-23-13-16)18-7-4-8-20(28)27(18)21/h2-8,14-16,21,23H,9-13H2,1H3/t15-,16+,21-/m1/s1. The third-order valence-electron chi connectivity index (χ3n) is 6.38. The third-order valence-corrected chi connectivity index (χ3v) is 6.38. The van der Waals surface area contributed by atoms with E-state index in [-0.39, 0.29) is 17.4 Å². The normalized spacial score (nSPS) is 23.0. The van der Waals surface area contributed by atoms with Gasteiger partial charge in [0, 0.05) is 56.8 Å². The molecule has 150 valence electrons. The van der Waals surface area contributed by atoms with Crippen molar-refractivity contribution in [3.8, 4) is 0 Å². The molecule has 1 N–H and O–H groups in total. The number of para-hydroxylation sites is 2. The maximum Gasteiger partial charge on any atom is 0.251 e. The number of imidazole rings is 1. The molecule has 2 aliphatic heterocycles. The van der Waals surface area contributed by atoms with E-state index >= 15 is 0 Å². The highest BCUT2D eigenvalue weighted by atomic mass is 16.2. The molecule has 0 unspecified atom stereocenters. The number of nitrogens with one attached hydrogen (secondary N) is 1. The van der Waals surface area contributed by atoms with E-state index in [0.717, 1.165) is 36.2 Å². The number of nitrogens with zero attached hydrogens (tertiary/aromatic N) is 4. The SMILES string of the molecule is CN(CCn1cnc2ccccc21)C(=O)[C@H]1[C@@H]2CNC[C@@H](C2)c2cccc(=O)n21. The lowest BCUT2D eigenvalue weighted by atomic mass is 9.79. The van der Waals surface area contributed by atoms with Crippen LogP contribution >= 0.6 is 0 Å². The fourth-order valence-electron chi connectivity index (χ4n) is 4.89. The molecule has 2 aromatic heterocycles. The number of carbonyl (C=O) groups is 1. The molecule has 3 aromatic rings. The summed E-state index contributed by atoms with van der Waals surface area (Å²) in [4.78, 5) is 32.3. The quantitative estimate of drug-likeness (QED) is 0.733. The summed E-state index contributed by atoms with van der Waals surface area (Å²) in [6.07, 6.45) is 2.77. The monoisotopic (exact) mass is 391 g/mol. The second kappa shape index (κ2) is 7.15. The third kappa shape index (κ3) is 3.06. The number of rotatable bonds is 4. The van der Waals surface area contributed by atoms with E-state index in [2.05, 4.69) is 14.9 Å². The fourth-order valence-corrected chi connectivity index (χ4v) is 4.89. The second-order valence-electron chi connectivity index (χ2n) is 8.14. The number of likely N-dealkylation sites (N-methyl/N-ethyl adjacent to an activating group) is 1. The number of hydrogen-bond acceptors (Lipinski definition) is 4. The Morgan fingerprint density at radius 3 is 2.97 bits per heavy atom. The lowest BCUT2D eigenvalue weighted by Gasteiger charge is -2.43. The average Bonchev–Trinajstić information content (AvgIpc) is 3.16. The maximum absolute atomic E-state index is 13.4. The first-order valence-electron chi connectivity index (χ1n) is 10.2. The number of aromatic nitrogens is 3. The van der Waals surface area contributed by atoms with Crippen molar-refractivity contribution in [2.24, 2.45) is 5.92 Å². The van der Waals surface area contributed by atoms with Crippen LogP contribution in [0.2, 0.25) is 0 Å². The molecule has 0 spiro atoms. The maximum atomic E-state index is 13.4. The summed E-state index contributed by atoms with van der Waals surface area (Å²) < 4.78 is 3.82. The molecule has 2 bridgehead atoms. The Bertz CT molecular complexity index is 1120. The van der Waals surface area contributed by atoms with Crippen molar-refractivity contribution in [2.45, 2.75) is 24.9 Å². The first-order valence-corrected chi connectivity index (χ1v) is 10.2. The van der Waals surface area contributed by atoms with E-state index in [1.165, 1.54) is 0 Å². The predicted octanol–water partition coefficient (Wildman–Crippen LogP) is 1.60. The van der Waals surface area contributed by atoms with Crippen molar-refractivity contribution in [1.82, 2.24) is 24.3 Å². The average molecular weight is 391 g/mol. The van der Waals surface area contributed by atoms with Gasteiger partial charge in [0.15, 0.2) is 0 Å². The Balaban J connectivity index is 1.39. The van der Waals surface area contributed by atoms with Gasteiger partial charge in [-0.3, -0.25) is 14.2 Å². The van der Waals surface area contributed by atoms with Gasteiger partial charge in [0.2, 0.25) is 5.91 Å². The van der Waals surface area contributed by atoms with E-state index in [4.69, 9.17) is 0 Å². The Morgan fingerprint density at radius 1 is 1.21 bits per heavy atom. The van der Waals surface area contributed by atoms with E-state index < -0.39 is 6.04 Å². The zero-order chi connectivity index (χ0) is 20.0. The number of carbonyl (C=O) groups excluding carboxylic acids is 1. The molecule has 7 nitrogen and oxygen atoms in total. The molecule has 0 aliphatic carbocycles.